The largest absolute Gasteiger partial charge is 0.379 e. The summed E-state index contributed by atoms with van der Waals surface area (Å²) in [7, 11) is 0. The fourth-order valence-electron chi connectivity index (χ4n) is 2.85. The Balaban J connectivity index is 1.63. The first kappa shape index (κ1) is 17.3. The van der Waals surface area contributed by atoms with Crippen molar-refractivity contribution < 1.29 is 0 Å². The van der Waals surface area contributed by atoms with Crippen LogP contribution in [-0.2, 0) is 13.0 Å². The van der Waals surface area contributed by atoms with Gasteiger partial charge in [0.05, 0.1) is 12.2 Å². The van der Waals surface area contributed by atoms with E-state index < -0.39 is 0 Å². The molecule has 2 N–H and O–H groups in total. The predicted octanol–water partition coefficient (Wildman–Crippen LogP) is 3.91. The van der Waals surface area contributed by atoms with Crippen LogP contribution in [0, 0.1) is 0 Å². The molecule has 0 unspecified atom stereocenters. The summed E-state index contributed by atoms with van der Waals surface area (Å²) in [5.74, 6) is 0.977. The Morgan fingerprint density at radius 2 is 1.93 bits per heavy atom. The first-order valence-electron chi connectivity index (χ1n) is 8.70. The first-order chi connectivity index (χ1) is 13.1. The molecule has 27 heavy (non-hydrogen) atoms. The van der Waals surface area contributed by atoms with Crippen LogP contribution in [0.4, 0.5) is 5.69 Å². The summed E-state index contributed by atoms with van der Waals surface area (Å²) in [5.41, 5.74) is 3.47. The van der Waals surface area contributed by atoms with Crippen molar-refractivity contribution in [1.82, 2.24) is 19.6 Å². The van der Waals surface area contributed by atoms with Gasteiger partial charge in [0.2, 0.25) is 0 Å². The quantitative estimate of drug-likeness (QED) is 0.551. The average molecular weight is 380 g/mol. The molecular weight excluding hydrogens is 362 g/mol. The average Bonchev–Trinajstić information content (AvgIpc) is 3.12. The van der Waals surface area contributed by atoms with Crippen molar-refractivity contribution in [3.8, 4) is 11.4 Å². The van der Waals surface area contributed by atoms with E-state index in [0.717, 1.165) is 17.7 Å². The van der Waals surface area contributed by atoms with Crippen molar-refractivity contribution in [3.05, 3.63) is 81.2 Å². The number of hydrogen-bond donors (Lipinski definition) is 2. The molecule has 2 heterocycles. The third kappa shape index (κ3) is 3.71. The second kappa shape index (κ2) is 7.25. The second-order valence-corrected chi connectivity index (χ2v) is 6.64. The molecule has 0 amide bonds. The molecule has 0 fully saturated rings. The molecule has 2 aromatic carbocycles. The van der Waals surface area contributed by atoms with Gasteiger partial charge in [0, 0.05) is 22.3 Å². The molecule has 0 aliphatic carbocycles. The number of fused-ring (bicyclic) bond motifs is 1. The fraction of sp³-hybridized carbons (Fsp3) is 0.150. The number of nitrogens with one attached hydrogen (secondary N) is 2. The highest BCUT2D eigenvalue weighted by atomic mass is 35.5. The van der Waals surface area contributed by atoms with Gasteiger partial charge in [-0.05, 0) is 42.3 Å². The Morgan fingerprint density at radius 1 is 1.11 bits per heavy atom. The van der Waals surface area contributed by atoms with E-state index in [4.69, 9.17) is 11.6 Å². The maximum atomic E-state index is 12.4. The molecule has 0 saturated heterocycles. The van der Waals surface area contributed by atoms with E-state index in [1.807, 2.05) is 24.3 Å². The Kier molecular flexibility index (Phi) is 4.64. The van der Waals surface area contributed by atoms with E-state index in [9.17, 15) is 4.79 Å². The summed E-state index contributed by atoms with van der Waals surface area (Å²) in [6.07, 6.45) is 0.937. The highest BCUT2D eigenvalue weighted by Crippen LogP contribution is 2.18. The number of aromatic nitrogens is 4. The summed E-state index contributed by atoms with van der Waals surface area (Å²) in [6.45, 7) is 2.52. The predicted molar refractivity (Wildman–Crippen MR) is 107 cm³/mol. The molecule has 136 valence electrons. The van der Waals surface area contributed by atoms with Crippen LogP contribution in [0.15, 0.2) is 59.4 Å². The van der Waals surface area contributed by atoms with Crippen molar-refractivity contribution in [2.45, 2.75) is 19.9 Å². The van der Waals surface area contributed by atoms with Gasteiger partial charge in [0.25, 0.3) is 11.3 Å². The minimum atomic E-state index is -0.196. The molecule has 7 heteroatoms. The van der Waals surface area contributed by atoms with Gasteiger partial charge < -0.3 is 5.32 Å². The highest BCUT2D eigenvalue weighted by molar-refractivity contribution is 6.30. The normalized spacial score (nSPS) is 11.0. The fourth-order valence-corrected chi connectivity index (χ4v) is 2.97. The number of aryl methyl sites for hydroxylation is 1. The number of halogens is 1. The minimum Gasteiger partial charge on any atom is -0.379 e. The lowest BCUT2D eigenvalue weighted by atomic mass is 10.1. The first-order valence-corrected chi connectivity index (χ1v) is 9.07. The third-order valence-electron chi connectivity index (χ3n) is 4.31. The lowest BCUT2D eigenvalue weighted by molar-refractivity contribution is 0.879. The number of H-pyrrole nitrogens is 1. The lowest BCUT2D eigenvalue weighted by Crippen LogP contribution is -2.17. The topological polar surface area (TPSA) is 75.1 Å². The number of nitrogens with zero attached hydrogens (tertiary/aromatic N) is 3. The van der Waals surface area contributed by atoms with Crippen LogP contribution in [0.25, 0.3) is 17.2 Å². The minimum absolute atomic E-state index is 0.196. The van der Waals surface area contributed by atoms with Crippen LogP contribution >= 0.6 is 11.6 Å². The smallest absolute Gasteiger partial charge is 0.274 e. The molecule has 0 aliphatic rings. The van der Waals surface area contributed by atoms with Gasteiger partial charge in [-0.3, -0.25) is 9.89 Å². The van der Waals surface area contributed by atoms with E-state index in [0.29, 0.717) is 28.9 Å². The van der Waals surface area contributed by atoms with Crippen LogP contribution in [0.1, 0.15) is 18.2 Å². The van der Waals surface area contributed by atoms with Crippen molar-refractivity contribution >= 4 is 23.1 Å². The lowest BCUT2D eigenvalue weighted by Gasteiger charge is -2.05. The Hall–Kier alpha value is -3.12. The zero-order valence-corrected chi connectivity index (χ0v) is 15.5. The molecule has 2 aromatic heterocycles. The Labute approximate surface area is 160 Å². The summed E-state index contributed by atoms with van der Waals surface area (Å²) in [5, 5.41) is 6.94. The van der Waals surface area contributed by atoms with E-state index in [1.54, 1.807) is 12.1 Å². The Morgan fingerprint density at radius 3 is 2.70 bits per heavy atom. The van der Waals surface area contributed by atoms with Gasteiger partial charge in [-0.2, -0.15) is 9.50 Å². The molecule has 0 aliphatic heterocycles. The molecule has 0 atom stereocenters. The van der Waals surface area contributed by atoms with Crippen LogP contribution in [0.3, 0.4) is 0 Å². The third-order valence-corrected chi connectivity index (χ3v) is 4.56. The van der Waals surface area contributed by atoms with Gasteiger partial charge in [-0.25, -0.2) is 4.98 Å². The number of aromatic amines is 1. The monoisotopic (exact) mass is 379 g/mol. The number of hydrogen-bond acceptors (Lipinski definition) is 4. The molecule has 0 spiro atoms. The molecule has 4 aromatic rings. The van der Waals surface area contributed by atoms with Gasteiger partial charge >= 0.3 is 0 Å². The number of anilines is 1. The molecule has 0 saturated carbocycles. The Bertz CT molecular complexity index is 1150. The summed E-state index contributed by atoms with van der Waals surface area (Å²) in [6, 6.07) is 16.9. The molecule has 4 rings (SSSR count). The standard InChI is InChI=1S/C20H18ClN5O/c1-2-13-4-3-5-14(10-13)19-24-20-23-17(11-18(27)26(20)25-19)12-22-16-8-6-15(21)7-9-16/h3-11,22H,2,12H2,1H3,(H,23,24,25). The maximum absolute atomic E-state index is 12.4. The van der Waals surface area contributed by atoms with Crippen molar-refractivity contribution in [1.29, 1.82) is 0 Å². The second-order valence-electron chi connectivity index (χ2n) is 6.21. The van der Waals surface area contributed by atoms with Gasteiger partial charge in [-0.1, -0.05) is 36.7 Å². The number of benzene rings is 2. The molecule has 6 nitrogen and oxygen atoms in total. The molecule has 0 radical (unpaired) electrons. The summed E-state index contributed by atoms with van der Waals surface area (Å²) in [4.78, 5) is 21.4. The van der Waals surface area contributed by atoms with Crippen molar-refractivity contribution in [3.63, 3.8) is 0 Å². The van der Waals surface area contributed by atoms with Crippen LogP contribution in [-0.4, -0.2) is 19.6 Å². The van der Waals surface area contributed by atoms with Crippen molar-refractivity contribution in [2.75, 3.05) is 5.32 Å². The molecule has 0 bridgehead atoms. The summed E-state index contributed by atoms with van der Waals surface area (Å²) >= 11 is 5.89. The van der Waals surface area contributed by atoms with Crippen LogP contribution in [0.2, 0.25) is 5.02 Å². The van der Waals surface area contributed by atoms with Crippen LogP contribution in [0.5, 0.6) is 0 Å². The highest BCUT2D eigenvalue weighted by Gasteiger charge is 2.10. The van der Waals surface area contributed by atoms with E-state index in [1.165, 1.54) is 16.1 Å². The van der Waals surface area contributed by atoms with Gasteiger partial charge in [0.1, 0.15) is 0 Å². The summed E-state index contributed by atoms with van der Waals surface area (Å²) < 4.78 is 1.36. The van der Waals surface area contributed by atoms with Crippen LogP contribution < -0.4 is 10.9 Å². The number of rotatable bonds is 5. The SMILES string of the molecule is CCc1cccc(-c2nc3nc(CNc4ccc(Cl)cc4)cc(=O)n3[nH]2)c1. The van der Waals surface area contributed by atoms with Crippen molar-refractivity contribution in [2.24, 2.45) is 0 Å². The van der Waals surface area contributed by atoms with Gasteiger partial charge in [0.15, 0.2) is 5.82 Å². The van der Waals surface area contributed by atoms with E-state index >= 15 is 0 Å². The van der Waals surface area contributed by atoms with E-state index in [2.05, 4.69) is 39.4 Å². The zero-order chi connectivity index (χ0) is 18.8. The molecular formula is C20H18ClN5O. The van der Waals surface area contributed by atoms with E-state index in [-0.39, 0.29) is 5.56 Å². The maximum Gasteiger partial charge on any atom is 0.274 e. The van der Waals surface area contributed by atoms with Gasteiger partial charge in [-0.15, -0.1) is 0 Å². The zero-order valence-electron chi connectivity index (χ0n) is 14.7.